The van der Waals surface area contributed by atoms with Gasteiger partial charge in [-0.25, -0.2) is 0 Å². The highest BCUT2D eigenvalue weighted by molar-refractivity contribution is 5.69. The van der Waals surface area contributed by atoms with E-state index >= 15 is 0 Å². The van der Waals surface area contributed by atoms with Gasteiger partial charge in [0.1, 0.15) is 5.75 Å². The lowest BCUT2D eigenvalue weighted by atomic mass is 10.1. The zero-order valence-corrected chi connectivity index (χ0v) is 9.99. The molecular weight excluding hydrogens is 204 g/mol. The molecule has 0 aliphatic rings. The molecule has 1 atom stereocenters. The third kappa shape index (κ3) is 3.26. The number of carboxylic acids is 1. The second kappa shape index (κ2) is 5.54. The van der Waals surface area contributed by atoms with Crippen LogP contribution in [0.5, 0.6) is 5.75 Å². The number of rotatable bonds is 5. The van der Waals surface area contributed by atoms with Gasteiger partial charge in [-0.2, -0.15) is 0 Å². The van der Waals surface area contributed by atoms with Gasteiger partial charge in [0.15, 0.2) is 0 Å². The molecule has 0 bridgehead atoms. The smallest absolute Gasteiger partial charge is 0.306 e. The third-order valence-corrected chi connectivity index (χ3v) is 2.63. The molecule has 1 aromatic carbocycles. The molecule has 0 spiro atoms. The second-order valence-electron chi connectivity index (χ2n) is 4.10. The maximum absolute atomic E-state index is 10.6. The lowest BCUT2D eigenvalue weighted by Gasteiger charge is -2.12. The Morgan fingerprint density at radius 3 is 2.44 bits per heavy atom. The molecular formula is C13H18O3. The van der Waals surface area contributed by atoms with Crippen LogP contribution in [0, 0.1) is 19.8 Å². The van der Waals surface area contributed by atoms with Crippen LogP contribution < -0.4 is 4.74 Å². The van der Waals surface area contributed by atoms with Gasteiger partial charge < -0.3 is 9.84 Å². The van der Waals surface area contributed by atoms with E-state index < -0.39 is 5.97 Å². The van der Waals surface area contributed by atoms with Crippen molar-refractivity contribution in [3.05, 3.63) is 29.3 Å². The molecule has 0 saturated heterocycles. The first-order valence-corrected chi connectivity index (χ1v) is 5.44. The van der Waals surface area contributed by atoms with Gasteiger partial charge in [-0.1, -0.05) is 25.1 Å². The summed E-state index contributed by atoms with van der Waals surface area (Å²) < 4.78 is 5.63. The van der Waals surface area contributed by atoms with E-state index in [2.05, 4.69) is 0 Å². The summed E-state index contributed by atoms with van der Waals surface area (Å²) in [5.41, 5.74) is 2.17. The molecule has 0 aliphatic carbocycles. The van der Waals surface area contributed by atoms with Crippen molar-refractivity contribution in [3.63, 3.8) is 0 Å². The Bertz CT molecular complexity index is 351. The van der Waals surface area contributed by atoms with E-state index in [0.29, 0.717) is 13.0 Å². The van der Waals surface area contributed by atoms with Crippen molar-refractivity contribution in [2.24, 2.45) is 5.92 Å². The lowest BCUT2D eigenvalue weighted by molar-refractivity contribution is -0.141. The number of carboxylic acid groups (broad SMARTS) is 1. The molecule has 0 amide bonds. The van der Waals surface area contributed by atoms with E-state index in [-0.39, 0.29) is 5.92 Å². The van der Waals surface area contributed by atoms with Crippen LogP contribution in [0.25, 0.3) is 0 Å². The average molecular weight is 222 g/mol. The van der Waals surface area contributed by atoms with Crippen LogP contribution in [-0.4, -0.2) is 17.7 Å². The maximum atomic E-state index is 10.6. The molecule has 0 heterocycles. The number of ether oxygens (including phenoxy) is 1. The SMILES string of the molecule is Cc1cccc(C)c1OCCC(C)C(=O)O. The van der Waals surface area contributed by atoms with Gasteiger partial charge in [-0.3, -0.25) is 4.79 Å². The van der Waals surface area contributed by atoms with Gasteiger partial charge in [0, 0.05) is 0 Å². The van der Waals surface area contributed by atoms with Gasteiger partial charge in [0.05, 0.1) is 12.5 Å². The summed E-state index contributed by atoms with van der Waals surface area (Å²) in [4.78, 5) is 10.6. The number of aliphatic carboxylic acids is 1. The molecule has 0 saturated carbocycles. The first-order chi connectivity index (χ1) is 7.52. The van der Waals surface area contributed by atoms with E-state index in [4.69, 9.17) is 9.84 Å². The predicted octanol–water partition coefficient (Wildman–Crippen LogP) is 2.79. The molecule has 3 nitrogen and oxygen atoms in total. The highest BCUT2D eigenvalue weighted by atomic mass is 16.5. The van der Waals surface area contributed by atoms with Crippen LogP contribution in [0.15, 0.2) is 18.2 Å². The third-order valence-electron chi connectivity index (χ3n) is 2.63. The van der Waals surface area contributed by atoms with Gasteiger partial charge in [-0.15, -0.1) is 0 Å². The first kappa shape index (κ1) is 12.6. The van der Waals surface area contributed by atoms with Gasteiger partial charge >= 0.3 is 5.97 Å². The van der Waals surface area contributed by atoms with Gasteiger partial charge in [0.2, 0.25) is 0 Å². The molecule has 1 unspecified atom stereocenters. The van der Waals surface area contributed by atoms with Crippen LogP contribution in [0.2, 0.25) is 0 Å². The zero-order chi connectivity index (χ0) is 12.1. The number of hydrogen-bond acceptors (Lipinski definition) is 2. The zero-order valence-electron chi connectivity index (χ0n) is 9.99. The number of hydrogen-bond donors (Lipinski definition) is 1. The monoisotopic (exact) mass is 222 g/mol. The molecule has 88 valence electrons. The van der Waals surface area contributed by atoms with E-state index in [1.165, 1.54) is 0 Å². The van der Waals surface area contributed by atoms with Crippen molar-refractivity contribution in [1.82, 2.24) is 0 Å². The van der Waals surface area contributed by atoms with E-state index in [0.717, 1.165) is 16.9 Å². The largest absolute Gasteiger partial charge is 0.493 e. The van der Waals surface area contributed by atoms with Crippen LogP contribution in [0.4, 0.5) is 0 Å². The Balaban J connectivity index is 2.52. The Kier molecular flexibility index (Phi) is 4.35. The molecule has 0 radical (unpaired) electrons. The first-order valence-electron chi connectivity index (χ1n) is 5.44. The Labute approximate surface area is 96.1 Å². The summed E-state index contributed by atoms with van der Waals surface area (Å²) in [7, 11) is 0. The maximum Gasteiger partial charge on any atom is 0.306 e. The lowest BCUT2D eigenvalue weighted by Crippen LogP contribution is -2.13. The second-order valence-corrected chi connectivity index (χ2v) is 4.10. The fourth-order valence-corrected chi connectivity index (χ4v) is 1.49. The molecule has 3 heteroatoms. The van der Waals surface area contributed by atoms with Crippen molar-refractivity contribution < 1.29 is 14.6 Å². The van der Waals surface area contributed by atoms with E-state index in [9.17, 15) is 4.79 Å². The van der Waals surface area contributed by atoms with E-state index in [1.54, 1.807) is 6.92 Å². The van der Waals surface area contributed by atoms with E-state index in [1.807, 2.05) is 32.0 Å². The summed E-state index contributed by atoms with van der Waals surface area (Å²) in [6.45, 7) is 6.11. The summed E-state index contributed by atoms with van der Waals surface area (Å²) in [6.07, 6.45) is 0.531. The van der Waals surface area contributed by atoms with Crippen molar-refractivity contribution in [2.75, 3.05) is 6.61 Å². The topological polar surface area (TPSA) is 46.5 Å². The van der Waals surface area contributed by atoms with Crippen LogP contribution in [0.1, 0.15) is 24.5 Å². The molecule has 0 fully saturated rings. The number of para-hydroxylation sites is 1. The molecule has 1 N–H and O–H groups in total. The minimum atomic E-state index is -0.773. The molecule has 16 heavy (non-hydrogen) atoms. The number of benzene rings is 1. The van der Waals surface area contributed by atoms with Crippen LogP contribution in [0.3, 0.4) is 0 Å². The van der Waals surface area contributed by atoms with Crippen LogP contribution >= 0.6 is 0 Å². The highest BCUT2D eigenvalue weighted by Crippen LogP contribution is 2.22. The summed E-state index contributed by atoms with van der Waals surface area (Å²) in [5, 5.41) is 8.73. The highest BCUT2D eigenvalue weighted by Gasteiger charge is 2.11. The summed E-state index contributed by atoms with van der Waals surface area (Å²) >= 11 is 0. The predicted molar refractivity (Wildman–Crippen MR) is 62.8 cm³/mol. The molecule has 1 rings (SSSR count). The van der Waals surface area contributed by atoms with Crippen molar-refractivity contribution in [1.29, 1.82) is 0 Å². The van der Waals surface area contributed by atoms with Gasteiger partial charge in [-0.05, 0) is 31.4 Å². The standard InChI is InChI=1S/C13H18O3/c1-9-5-4-6-10(2)12(9)16-8-7-11(3)13(14)15/h4-6,11H,7-8H2,1-3H3,(H,14,15). The Morgan fingerprint density at radius 1 is 1.38 bits per heavy atom. The fourth-order valence-electron chi connectivity index (χ4n) is 1.49. The minimum Gasteiger partial charge on any atom is -0.493 e. The number of aryl methyl sites for hydroxylation is 2. The van der Waals surface area contributed by atoms with Crippen LogP contribution in [-0.2, 0) is 4.79 Å². The van der Waals surface area contributed by atoms with Crippen molar-refractivity contribution in [3.8, 4) is 5.75 Å². The normalized spacial score (nSPS) is 12.2. The van der Waals surface area contributed by atoms with Crippen molar-refractivity contribution in [2.45, 2.75) is 27.2 Å². The van der Waals surface area contributed by atoms with Crippen molar-refractivity contribution >= 4 is 5.97 Å². The fraction of sp³-hybridized carbons (Fsp3) is 0.462. The Morgan fingerprint density at radius 2 is 1.94 bits per heavy atom. The molecule has 0 aliphatic heterocycles. The quantitative estimate of drug-likeness (QED) is 0.833. The molecule has 0 aromatic heterocycles. The average Bonchev–Trinajstić information content (AvgIpc) is 2.22. The number of carbonyl (C=O) groups is 1. The Hall–Kier alpha value is -1.51. The van der Waals surface area contributed by atoms with Gasteiger partial charge in [0.25, 0.3) is 0 Å². The summed E-state index contributed by atoms with van der Waals surface area (Å²) in [5.74, 6) is -0.255. The minimum absolute atomic E-state index is 0.357. The summed E-state index contributed by atoms with van der Waals surface area (Å²) in [6, 6.07) is 5.96. The molecule has 1 aromatic rings.